The number of hydrogen-bond donors (Lipinski definition) is 1. The first kappa shape index (κ1) is 18.8. The lowest BCUT2D eigenvalue weighted by atomic mass is 9.96. The molecule has 2 amide bonds. The number of nitro groups is 1. The number of nitrogens with zero attached hydrogens (tertiary/aromatic N) is 2. The number of nitro benzene ring substituents is 1. The molecule has 0 radical (unpaired) electrons. The third-order valence-corrected chi connectivity index (χ3v) is 4.31. The zero-order valence-corrected chi connectivity index (χ0v) is 14.4. The molecule has 1 aliphatic rings. The number of likely N-dealkylation sites (tertiary alicyclic amines) is 1. The second kappa shape index (κ2) is 8.04. The van der Waals surface area contributed by atoms with E-state index in [0.717, 1.165) is 18.6 Å². The highest BCUT2D eigenvalue weighted by Crippen LogP contribution is 2.25. The van der Waals surface area contributed by atoms with Crippen molar-refractivity contribution in [1.82, 2.24) is 10.2 Å². The van der Waals surface area contributed by atoms with Crippen LogP contribution in [0.5, 0.6) is 0 Å². The van der Waals surface area contributed by atoms with Gasteiger partial charge in [-0.05, 0) is 31.7 Å². The Kier molecular flexibility index (Phi) is 6.06. The molecule has 0 spiro atoms. The summed E-state index contributed by atoms with van der Waals surface area (Å²) in [7, 11) is 0. The molecule has 1 saturated heterocycles. The Labute approximate surface area is 145 Å². The van der Waals surface area contributed by atoms with Crippen LogP contribution in [-0.4, -0.2) is 41.3 Å². The molecule has 1 fully saturated rings. The van der Waals surface area contributed by atoms with Gasteiger partial charge in [-0.3, -0.25) is 19.7 Å². The normalized spacial score (nSPS) is 17.2. The minimum atomic E-state index is -0.756. The zero-order valence-electron chi connectivity index (χ0n) is 14.4. The highest BCUT2D eigenvalue weighted by Gasteiger charge is 2.31. The second-order valence-electron chi connectivity index (χ2n) is 6.26. The van der Waals surface area contributed by atoms with E-state index >= 15 is 0 Å². The molecule has 8 heteroatoms. The van der Waals surface area contributed by atoms with E-state index in [9.17, 15) is 24.1 Å². The zero-order chi connectivity index (χ0) is 18.6. The van der Waals surface area contributed by atoms with Crippen molar-refractivity contribution >= 4 is 17.5 Å². The van der Waals surface area contributed by atoms with Gasteiger partial charge in [-0.2, -0.15) is 0 Å². The minimum Gasteiger partial charge on any atom is -0.356 e. The van der Waals surface area contributed by atoms with Crippen LogP contribution in [0.4, 0.5) is 10.1 Å². The molecule has 1 N–H and O–H groups in total. The molecule has 1 aliphatic heterocycles. The molecule has 7 nitrogen and oxygen atoms in total. The number of piperidine rings is 1. The van der Waals surface area contributed by atoms with Crippen molar-refractivity contribution in [2.24, 2.45) is 5.92 Å². The Morgan fingerprint density at radius 3 is 2.80 bits per heavy atom. The van der Waals surface area contributed by atoms with Gasteiger partial charge in [-0.15, -0.1) is 0 Å². The fraction of sp³-hybridized carbons (Fsp3) is 0.529. The minimum absolute atomic E-state index is 0.0480. The number of non-ortho nitro benzene ring substituents is 1. The van der Waals surface area contributed by atoms with Gasteiger partial charge < -0.3 is 10.2 Å². The van der Waals surface area contributed by atoms with Crippen LogP contribution in [0.1, 0.15) is 42.1 Å². The van der Waals surface area contributed by atoms with Gasteiger partial charge in [-0.1, -0.05) is 6.92 Å². The van der Waals surface area contributed by atoms with Gasteiger partial charge in [-0.25, -0.2) is 4.39 Å². The second-order valence-corrected chi connectivity index (χ2v) is 6.26. The maximum Gasteiger partial charge on any atom is 0.270 e. The van der Waals surface area contributed by atoms with Crippen LogP contribution < -0.4 is 5.32 Å². The first-order valence-corrected chi connectivity index (χ1v) is 8.36. The van der Waals surface area contributed by atoms with E-state index in [4.69, 9.17) is 0 Å². The summed E-state index contributed by atoms with van der Waals surface area (Å²) in [6.45, 7) is 4.50. The summed E-state index contributed by atoms with van der Waals surface area (Å²) in [4.78, 5) is 36.5. The van der Waals surface area contributed by atoms with Crippen molar-refractivity contribution in [3.8, 4) is 0 Å². The van der Waals surface area contributed by atoms with Crippen LogP contribution in [-0.2, 0) is 4.79 Å². The van der Waals surface area contributed by atoms with Crippen molar-refractivity contribution in [3.63, 3.8) is 0 Å². The van der Waals surface area contributed by atoms with Crippen molar-refractivity contribution in [2.45, 2.75) is 33.1 Å². The molecule has 0 aliphatic carbocycles. The van der Waals surface area contributed by atoms with E-state index in [2.05, 4.69) is 5.32 Å². The molecule has 2 rings (SSSR count). The van der Waals surface area contributed by atoms with Crippen LogP contribution in [0.15, 0.2) is 12.1 Å². The molecule has 1 aromatic rings. The van der Waals surface area contributed by atoms with E-state index < -0.39 is 16.6 Å². The Morgan fingerprint density at radius 2 is 2.16 bits per heavy atom. The van der Waals surface area contributed by atoms with Gasteiger partial charge in [0, 0.05) is 31.8 Å². The molecule has 0 aromatic heterocycles. The van der Waals surface area contributed by atoms with Gasteiger partial charge in [0.25, 0.3) is 11.6 Å². The highest BCUT2D eigenvalue weighted by atomic mass is 19.1. The number of carbonyl (C=O) groups excluding carboxylic acids is 2. The van der Waals surface area contributed by atoms with Gasteiger partial charge in [0.15, 0.2) is 0 Å². The number of nitrogens with one attached hydrogen (secondary N) is 1. The standard InChI is InChI=1S/C17H22FN3O4/c1-3-6-19-16(22)12-5-4-7-20(10-12)17(23)14-9-13(21(24)25)8-11(2)15(14)18/h8-9,12H,3-7,10H2,1-2H3,(H,19,22)/t12-/m0/s1. The van der Waals surface area contributed by atoms with Crippen molar-refractivity contribution < 1.29 is 18.9 Å². The molecule has 0 bridgehead atoms. The molecular weight excluding hydrogens is 329 g/mol. The van der Waals surface area contributed by atoms with Crippen molar-refractivity contribution in [3.05, 3.63) is 39.2 Å². The number of benzene rings is 1. The van der Waals surface area contributed by atoms with Crippen molar-refractivity contribution in [1.29, 1.82) is 0 Å². The van der Waals surface area contributed by atoms with Gasteiger partial charge >= 0.3 is 0 Å². The summed E-state index contributed by atoms with van der Waals surface area (Å²) in [6.07, 6.45) is 2.11. The largest absolute Gasteiger partial charge is 0.356 e. The molecule has 0 unspecified atom stereocenters. The van der Waals surface area contributed by atoms with E-state index in [1.165, 1.54) is 11.8 Å². The first-order valence-electron chi connectivity index (χ1n) is 8.36. The summed E-state index contributed by atoms with van der Waals surface area (Å²) in [5.74, 6) is -1.83. The Bertz CT molecular complexity index is 693. The summed E-state index contributed by atoms with van der Waals surface area (Å²) in [5.41, 5.74) is -0.593. The summed E-state index contributed by atoms with van der Waals surface area (Å²) in [6, 6.07) is 2.06. The first-order chi connectivity index (χ1) is 11.8. The number of rotatable bonds is 5. The van der Waals surface area contributed by atoms with Crippen LogP contribution in [0.3, 0.4) is 0 Å². The van der Waals surface area contributed by atoms with Gasteiger partial charge in [0.05, 0.1) is 16.4 Å². The predicted octanol–water partition coefficient (Wildman–Crippen LogP) is 2.42. The molecular formula is C17H22FN3O4. The van der Waals surface area contributed by atoms with Crippen LogP contribution >= 0.6 is 0 Å². The number of aryl methyl sites for hydroxylation is 1. The van der Waals surface area contributed by atoms with Crippen LogP contribution in [0, 0.1) is 28.8 Å². The van der Waals surface area contributed by atoms with Crippen LogP contribution in [0.2, 0.25) is 0 Å². The Balaban J connectivity index is 2.20. The third kappa shape index (κ3) is 4.32. The number of carbonyl (C=O) groups is 2. The number of amides is 2. The quantitative estimate of drug-likeness (QED) is 0.651. The molecule has 1 aromatic carbocycles. The SMILES string of the molecule is CCCNC(=O)[C@H]1CCCN(C(=O)c2cc([N+](=O)[O-])cc(C)c2F)C1. The topological polar surface area (TPSA) is 92.6 Å². The smallest absolute Gasteiger partial charge is 0.270 e. The number of hydrogen-bond acceptors (Lipinski definition) is 4. The Morgan fingerprint density at radius 1 is 1.44 bits per heavy atom. The van der Waals surface area contributed by atoms with E-state index in [0.29, 0.717) is 25.9 Å². The highest BCUT2D eigenvalue weighted by molar-refractivity contribution is 5.96. The van der Waals surface area contributed by atoms with Gasteiger partial charge in [0.2, 0.25) is 5.91 Å². The molecule has 136 valence electrons. The molecule has 25 heavy (non-hydrogen) atoms. The maximum absolute atomic E-state index is 14.3. The van der Waals surface area contributed by atoms with Gasteiger partial charge in [0.1, 0.15) is 5.82 Å². The average molecular weight is 351 g/mol. The maximum atomic E-state index is 14.3. The van der Waals surface area contributed by atoms with E-state index in [-0.39, 0.29) is 35.2 Å². The lowest BCUT2D eigenvalue weighted by molar-refractivity contribution is -0.385. The summed E-state index contributed by atoms with van der Waals surface area (Å²) < 4.78 is 14.3. The number of halogens is 1. The van der Waals surface area contributed by atoms with Crippen LogP contribution in [0.25, 0.3) is 0 Å². The molecule has 1 heterocycles. The lowest BCUT2D eigenvalue weighted by Crippen LogP contribution is -2.45. The monoisotopic (exact) mass is 351 g/mol. The Hall–Kier alpha value is -2.51. The average Bonchev–Trinajstić information content (AvgIpc) is 2.61. The fourth-order valence-electron chi connectivity index (χ4n) is 2.95. The van der Waals surface area contributed by atoms with E-state index in [1.54, 1.807) is 0 Å². The predicted molar refractivity (Wildman–Crippen MR) is 89.7 cm³/mol. The molecule has 0 saturated carbocycles. The summed E-state index contributed by atoms with van der Waals surface area (Å²) in [5, 5.41) is 13.8. The summed E-state index contributed by atoms with van der Waals surface area (Å²) >= 11 is 0. The van der Waals surface area contributed by atoms with E-state index in [1.807, 2.05) is 6.92 Å². The van der Waals surface area contributed by atoms with Crippen molar-refractivity contribution in [2.75, 3.05) is 19.6 Å². The fourth-order valence-corrected chi connectivity index (χ4v) is 2.95. The lowest BCUT2D eigenvalue weighted by Gasteiger charge is -2.32. The molecule has 1 atom stereocenters. The third-order valence-electron chi connectivity index (χ3n) is 4.31.